The fourth-order valence-electron chi connectivity index (χ4n) is 4.37. The number of nitrogens with zero attached hydrogens (tertiary/aromatic N) is 3. The zero-order chi connectivity index (χ0) is 23.6. The minimum Gasteiger partial charge on any atom is -0.495 e. The molecule has 174 valence electrons. The summed E-state index contributed by atoms with van der Waals surface area (Å²) in [5.74, 6) is 0.0765. The smallest absolute Gasteiger partial charge is 0.405 e. The number of cyclic esters (lactones) is 1. The molecule has 4 rings (SSSR count). The van der Waals surface area contributed by atoms with E-state index in [0.29, 0.717) is 36.4 Å². The van der Waals surface area contributed by atoms with Crippen molar-refractivity contribution in [2.45, 2.75) is 31.8 Å². The zero-order valence-electron chi connectivity index (χ0n) is 18.2. The van der Waals surface area contributed by atoms with Gasteiger partial charge in [-0.2, -0.15) is 18.4 Å². The van der Waals surface area contributed by atoms with Gasteiger partial charge in [0.05, 0.1) is 18.2 Å². The van der Waals surface area contributed by atoms with E-state index in [-0.39, 0.29) is 26.2 Å². The van der Waals surface area contributed by atoms with Crippen LogP contribution in [0.15, 0.2) is 36.4 Å². The minimum atomic E-state index is -4.36. The average Bonchev–Trinajstić information content (AvgIpc) is 3.17. The van der Waals surface area contributed by atoms with Crippen molar-refractivity contribution in [2.75, 3.05) is 33.3 Å². The molecule has 0 spiro atoms. The zero-order valence-corrected chi connectivity index (χ0v) is 18.2. The van der Waals surface area contributed by atoms with E-state index in [1.54, 1.807) is 36.4 Å². The highest BCUT2D eigenvalue weighted by molar-refractivity contribution is 5.93. The van der Waals surface area contributed by atoms with E-state index in [1.165, 1.54) is 12.0 Å². The van der Waals surface area contributed by atoms with E-state index in [1.807, 2.05) is 4.90 Å². The van der Waals surface area contributed by atoms with Crippen LogP contribution in [0.4, 0.5) is 13.2 Å². The lowest BCUT2D eigenvalue weighted by Gasteiger charge is -2.42. The van der Waals surface area contributed by atoms with Crippen LogP contribution in [0.25, 0.3) is 0 Å². The Hall–Kier alpha value is -3.09. The molecule has 0 aliphatic carbocycles. The molecule has 9 heteroatoms. The highest BCUT2D eigenvalue weighted by Gasteiger charge is 2.46. The topological polar surface area (TPSA) is 65.8 Å². The Morgan fingerprint density at radius 1 is 1.18 bits per heavy atom. The number of esters is 1. The Labute approximate surface area is 190 Å². The number of hydrogen-bond donors (Lipinski definition) is 0. The lowest BCUT2D eigenvalue weighted by Crippen LogP contribution is -2.58. The van der Waals surface area contributed by atoms with Crippen molar-refractivity contribution in [3.8, 4) is 11.8 Å². The molecule has 0 N–H and O–H groups in total. The average molecular weight is 459 g/mol. The van der Waals surface area contributed by atoms with Gasteiger partial charge in [0.25, 0.3) is 0 Å². The van der Waals surface area contributed by atoms with E-state index in [2.05, 4.69) is 6.07 Å². The highest BCUT2D eigenvalue weighted by atomic mass is 19.4. The van der Waals surface area contributed by atoms with Gasteiger partial charge >= 0.3 is 12.1 Å². The first-order valence-corrected chi connectivity index (χ1v) is 10.7. The van der Waals surface area contributed by atoms with Gasteiger partial charge in [-0.3, -0.25) is 9.80 Å². The standard InChI is InChI=1S/C24H24F3N3O3/c1-32-21-11-16(2-4-18(21)12-28)6-7-29-8-9-30(22(14-29)24(25,26)27)13-17-3-5-20-19(10-17)15-33-23(20)31/h2-5,10-11,22H,6-9,13-15H2,1H3. The number of carbonyl (C=O) groups excluding carboxylic acids is 1. The number of methoxy groups -OCH3 is 1. The number of halogens is 3. The Kier molecular flexibility index (Phi) is 6.58. The fraction of sp³-hybridized carbons (Fsp3) is 0.417. The quantitative estimate of drug-likeness (QED) is 0.616. The van der Waals surface area contributed by atoms with Crippen molar-refractivity contribution >= 4 is 5.97 Å². The van der Waals surface area contributed by atoms with Crippen LogP contribution in [0.2, 0.25) is 0 Å². The second-order valence-corrected chi connectivity index (χ2v) is 8.29. The summed E-state index contributed by atoms with van der Waals surface area (Å²) in [6.45, 7) is 1.50. The second-order valence-electron chi connectivity index (χ2n) is 8.29. The molecule has 2 heterocycles. The lowest BCUT2D eigenvalue weighted by atomic mass is 10.0. The molecule has 0 saturated carbocycles. The summed E-state index contributed by atoms with van der Waals surface area (Å²) in [5.41, 5.74) is 3.27. The first-order valence-electron chi connectivity index (χ1n) is 10.7. The van der Waals surface area contributed by atoms with Gasteiger partial charge in [-0.05, 0) is 35.7 Å². The Balaban J connectivity index is 1.41. The summed E-state index contributed by atoms with van der Waals surface area (Å²) >= 11 is 0. The summed E-state index contributed by atoms with van der Waals surface area (Å²) in [6, 6.07) is 10.8. The Morgan fingerprint density at radius 3 is 2.70 bits per heavy atom. The van der Waals surface area contributed by atoms with Crippen LogP contribution in [0.5, 0.6) is 5.75 Å². The van der Waals surface area contributed by atoms with Gasteiger partial charge in [0.2, 0.25) is 0 Å². The van der Waals surface area contributed by atoms with Gasteiger partial charge in [-0.1, -0.05) is 18.2 Å². The van der Waals surface area contributed by atoms with Crippen LogP contribution in [0.1, 0.15) is 32.6 Å². The third-order valence-corrected chi connectivity index (χ3v) is 6.19. The second kappa shape index (κ2) is 9.41. The number of ether oxygens (including phenoxy) is 2. The third-order valence-electron chi connectivity index (χ3n) is 6.19. The molecular weight excluding hydrogens is 435 g/mol. The molecule has 2 aromatic carbocycles. The molecule has 0 amide bonds. The monoisotopic (exact) mass is 459 g/mol. The van der Waals surface area contributed by atoms with Crippen molar-refractivity contribution in [3.63, 3.8) is 0 Å². The molecule has 1 atom stereocenters. The molecule has 2 aliphatic rings. The maximum atomic E-state index is 13.9. The molecule has 2 aliphatic heterocycles. The van der Waals surface area contributed by atoms with E-state index in [9.17, 15) is 18.0 Å². The summed E-state index contributed by atoms with van der Waals surface area (Å²) in [6.07, 6.45) is -3.79. The molecule has 1 unspecified atom stereocenters. The molecule has 1 fully saturated rings. The van der Waals surface area contributed by atoms with E-state index in [0.717, 1.165) is 16.7 Å². The lowest BCUT2D eigenvalue weighted by molar-refractivity contribution is -0.198. The molecule has 2 aromatic rings. The van der Waals surface area contributed by atoms with Crippen molar-refractivity contribution in [1.82, 2.24) is 9.80 Å². The molecule has 0 aromatic heterocycles. The molecule has 6 nitrogen and oxygen atoms in total. The van der Waals surface area contributed by atoms with Crippen molar-refractivity contribution in [2.24, 2.45) is 0 Å². The molecule has 33 heavy (non-hydrogen) atoms. The summed E-state index contributed by atoms with van der Waals surface area (Å²) in [7, 11) is 1.49. The number of carbonyl (C=O) groups is 1. The number of nitriles is 1. The fourth-order valence-corrected chi connectivity index (χ4v) is 4.37. The maximum absolute atomic E-state index is 13.9. The van der Waals surface area contributed by atoms with Gasteiger partial charge in [0.15, 0.2) is 0 Å². The van der Waals surface area contributed by atoms with Crippen molar-refractivity contribution in [3.05, 3.63) is 64.2 Å². The van der Waals surface area contributed by atoms with Crippen molar-refractivity contribution < 1.29 is 27.4 Å². The largest absolute Gasteiger partial charge is 0.495 e. The predicted molar refractivity (Wildman–Crippen MR) is 114 cm³/mol. The first kappa shape index (κ1) is 23.1. The molecule has 1 saturated heterocycles. The van der Waals surface area contributed by atoms with Crippen LogP contribution in [0, 0.1) is 11.3 Å². The number of piperazine rings is 1. The van der Waals surface area contributed by atoms with Gasteiger partial charge in [0, 0.05) is 38.3 Å². The SMILES string of the molecule is COc1cc(CCN2CCN(Cc3ccc4c(c3)COC4=O)C(C(F)(F)F)C2)ccc1C#N. The van der Waals surface area contributed by atoms with Crippen LogP contribution >= 0.6 is 0 Å². The van der Waals surface area contributed by atoms with E-state index < -0.39 is 18.2 Å². The Morgan fingerprint density at radius 2 is 1.97 bits per heavy atom. The maximum Gasteiger partial charge on any atom is 0.405 e. The van der Waals surface area contributed by atoms with E-state index >= 15 is 0 Å². The third kappa shape index (κ3) is 5.13. The molecule has 0 radical (unpaired) electrons. The molecular formula is C24H24F3N3O3. The highest BCUT2D eigenvalue weighted by Crippen LogP contribution is 2.30. The number of benzene rings is 2. The van der Waals surface area contributed by atoms with Crippen LogP contribution in [-0.2, 0) is 24.3 Å². The molecule has 0 bridgehead atoms. The number of fused-ring (bicyclic) bond motifs is 1. The number of rotatable bonds is 6. The Bertz CT molecular complexity index is 1080. The summed E-state index contributed by atoms with van der Waals surface area (Å²) in [4.78, 5) is 14.9. The van der Waals surface area contributed by atoms with E-state index in [4.69, 9.17) is 14.7 Å². The van der Waals surface area contributed by atoms with Gasteiger partial charge in [-0.25, -0.2) is 4.79 Å². The summed E-state index contributed by atoms with van der Waals surface area (Å²) < 4.78 is 51.9. The van der Waals surface area contributed by atoms with Gasteiger partial charge < -0.3 is 9.47 Å². The van der Waals surface area contributed by atoms with Crippen molar-refractivity contribution in [1.29, 1.82) is 5.26 Å². The number of alkyl halides is 3. The number of hydrogen-bond acceptors (Lipinski definition) is 6. The van der Waals surface area contributed by atoms with Gasteiger partial charge in [-0.15, -0.1) is 0 Å². The normalized spacial score (nSPS) is 19.1. The minimum absolute atomic E-state index is 0.108. The predicted octanol–water partition coefficient (Wildman–Crippen LogP) is 3.53. The summed E-state index contributed by atoms with van der Waals surface area (Å²) in [5, 5.41) is 9.10. The first-order chi connectivity index (χ1) is 15.8. The van der Waals surface area contributed by atoms with Crippen LogP contribution in [-0.4, -0.2) is 61.3 Å². The van der Waals surface area contributed by atoms with Crippen LogP contribution in [0.3, 0.4) is 0 Å². The van der Waals surface area contributed by atoms with Gasteiger partial charge in [0.1, 0.15) is 24.5 Å². The van der Waals surface area contributed by atoms with Crippen LogP contribution < -0.4 is 4.74 Å².